The molecule has 10 nitrogen and oxygen atoms in total. The first kappa shape index (κ1) is 29.9. The summed E-state index contributed by atoms with van der Waals surface area (Å²) in [6, 6.07) is 11.7. The van der Waals surface area contributed by atoms with Gasteiger partial charge in [0.15, 0.2) is 0 Å². The molecule has 0 aromatic heterocycles. The number of carboxylic acids is 1. The Balaban J connectivity index is 0.000000604. The predicted molar refractivity (Wildman–Crippen MR) is 131 cm³/mol. The standard InChI is InChI=1S/C21H28N4O4S.C2HF3O2/c1-16-3-6-18(7-4-16)30(27,28)24-17-5-8-20(25-12-9-22-10-13-25)19(15-17)21(26)23-11-14-29-2;3-2(4,5)1(6)7/h3-8,15,22,24H,9-14H2,1-2H3,(H,23,26);(H,6,7). The van der Waals surface area contributed by atoms with Crippen LogP contribution in [0, 0.1) is 6.92 Å². The summed E-state index contributed by atoms with van der Waals surface area (Å²) in [5.41, 5.74) is 2.53. The van der Waals surface area contributed by atoms with Crippen molar-refractivity contribution >= 4 is 33.3 Å². The maximum Gasteiger partial charge on any atom is 0.490 e. The van der Waals surface area contributed by atoms with Crippen LogP contribution in [-0.2, 0) is 19.6 Å². The van der Waals surface area contributed by atoms with Crippen LogP contribution in [0.3, 0.4) is 0 Å². The van der Waals surface area contributed by atoms with Gasteiger partial charge in [-0.05, 0) is 37.3 Å². The monoisotopic (exact) mass is 546 g/mol. The Labute approximate surface area is 212 Å². The number of aryl methyl sites for hydroxylation is 1. The molecule has 1 fully saturated rings. The molecule has 1 heterocycles. The van der Waals surface area contributed by atoms with Crippen LogP contribution >= 0.6 is 0 Å². The fourth-order valence-corrected chi connectivity index (χ4v) is 4.31. The lowest BCUT2D eigenvalue weighted by Crippen LogP contribution is -2.44. The third-order valence-corrected chi connectivity index (χ3v) is 6.51. The highest BCUT2D eigenvalue weighted by Crippen LogP contribution is 2.26. The summed E-state index contributed by atoms with van der Waals surface area (Å²) in [5, 5.41) is 13.2. The third kappa shape index (κ3) is 9.22. The molecule has 1 saturated heterocycles. The van der Waals surface area contributed by atoms with Gasteiger partial charge in [-0.1, -0.05) is 17.7 Å². The molecule has 1 amide bonds. The van der Waals surface area contributed by atoms with Crippen LogP contribution in [0.2, 0.25) is 0 Å². The quantitative estimate of drug-likeness (QED) is 0.370. The average molecular weight is 547 g/mol. The van der Waals surface area contributed by atoms with E-state index in [1.54, 1.807) is 49.6 Å². The molecule has 4 N–H and O–H groups in total. The number of alkyl halides is 3. The van der Waals surface area contributed by atoms with Gasteiger partial charge in [0.2, 0.25) is 0 Å². The van der Waals surface area contributed by atoms with Gasteiger partial charge in [-0.25, -0.2) is 13.2 Å². The summed E-state index contributed by atoms with van der Waals surface area (Å²) in [6.45, 7) is 5.86. The number of nitrogens with one attached hydrogen (secondary N) is 3. The lowest BCUT2D eigenvalue weighted by atomic mass is 10.1. The van der Waals surface area contributed by atoms with Crippen LogP contribution in [0.15, 0.2) is 47.4 Å². The van der Waals surface area contributed by atoms with E-state index in [0.717, 1.165) is 37.4 Å². The molecule has 0 aliphatic carbocycles. The van der Waals surface area contributed by atoms with Crippen molar-refractivity contribution in [1.82, 2.24) is 10.6 Å². The number of hydrogen-bond donors (Lipinski definition) is 4. The van der Waals surface area contributed by atoms with E-state index in [1.165, 1.54) is 0 Å². The minimum atomic E-state index is -5.08. The molecule has 204 valence electrons. The van der Waals surface area contributed by atoms with Gasteiger partial charge in [0.05, 0.1) is 17.1 Å². The smallest absolute Gasteiger partial charge is 0.475 e. The summed E-state index contributed by atoms with van der Waals surface area (Å²) >= 11 is 0. The molecule has 2 aromatic rings. The highest BCUT2D eigenvalue weighted by Gasteiger charge is 2.38. The van der Waals surface area contributed by atoms with Crippen LogP contribution in [0.1, 0.15) is 15.9 Å². The van der Waals surface area contributed by atoms with Crippen molar-refractivity contribution in [2.75, 3.05) is 56.1 Å². The second-order valence-corrected chi connectivity index (χ2v) is 9.62. The molecular formula is C23H29F3N4O6S. The Hall–Kier alpha value is -3.36. The Kier molecular flexibility index (Phi) is 10.7. The third-order valence-electron chi connectivity index (χ3n) is 5.12. The Morgan fingerprint density at radius 2 is 1.70 bits per heavy atom. The van der Waals surface area contributed by atoms with E-state index in [1.807, 2.05) is 6.92 Å². The van der Waals surface area contributed by atoms with Gasteiger partial charge >= 0.3 is 12.1 Å². The SMILES string of the molecule is COCCNC(=O)c1cc(NS(=O)(=O)c2ccc(C)cc2)ccc1N1CCNCC1.O=C(O)C(F)(F)F. The van der Waals surface area contributed by atoms with Crippen molar-refractivity contribution in [3.8, 4) is 0 Å². The van der Waals surface area contributed by atoms with E-state index >= 15 is 0 Å². The van der Waals surface area contributed by atoms with E-state index < -0.39 is 22.2 Å². The molecule has 0 spiro atoms. The number of rotatable bonds is 8. The zero-order chi connectivity index (χ0) is 27.6. The van der Waals surface area contributed by atoms with E-state index in [9.17, 15) is 26.4 Å². The average Bonchev–Trinajstić information content (AvgIpc) is 2.84. The summed E-state index contributed by atoms with van der Waals surface area (Å²) in [4.78, 5) is 24.0. The number of anilines is 2. The van der Waals surface area contributed by atoms with E-state index in [-0.39, 0.29) is 10.8 Å². The van der Waals surface area contributed by atoms with Crippen LogP contribution in [0.4, 0.5) is 24.5 Å². The summed E-state index contributed by atoms with van der Waals surface area (Å²) in [7, 11) is -2.19. The Morgan fingerprint density at radius 1 is 1.11 bits per heavy atom. The summed E-state index contributed by atoms with van der Waals surface area (Å²) in [5.74, 6) is -3.02. The van der Waals surface area contributed by atoms with Crippen LogP contribution in [0.5, 0.6) is 0 Å². The maximum absolute atomic E-state index is 12.8. The number of nitrogens with zero attached hydrogens (tertiary/aromatic N) is 1. The number of benzene rings is 2. The highest BCUT2D eigenvalue weighted by atomic mass is 32.2. The summed E-state index contributed by atoms with van der Waals surface area (Å²) < 4.78 is 64.8. The van der Waals surface area contributed by atoms with Gasteiger partial charge in [-0.2, -0.15) is 13.2 Å². The van der Waals surface area contributed by atoms with Crippen molar-refractivity contribution in [3.05, 3.63) is 53.6 Å². The topological polar surface area (TPSA) is 137 Å². The number of amides is 1. The lowest BCUT2D eigenvalue weighted by molar-refractivity contribution is -0.192. The maximum atomic E-state index is 12.8. The fourth-order valence-electron chi connectivity index (χ4n) is 3.26. The zero-order valence-electron chi connectivity index (χ0n) is 20.3. The first-order valence-corrected chi connectivity index (χ1v) is 12.6. The van der Waals surface area contributed by atoms with Crippen LogP contribution in [-0.4, -0.2) is 78.0 Å². The molecule has 0 radical (unpaired) electrons. The number of carbonyl (C=O) groups excluding carboxylic acids is 1. The Bertz CT molecular complexity index is 1170. The van der Waals surface area contributed by atoms with Crippen molar-refractivity contribution in [3.63, 3.8) is 0 Å². The number of carbonyl (C=O) groups is 2. The van der Waals surface area contributed by atoms with E-state index in [0.29, 0.717) is 24.4 Å². The van der Waals surface area contributed by atoms with Gasteiger partial charge in [-0.15, -0.1) is 0 Å². The van der Waals surface area contributed by atoms with E-state index in [2.05, 4.69) is 20.3 Å². The molecule has 37 heavy (non-hydrogen) atoms. The number of halogens is 3. The minimum absolute atomic E-state index is 0.172. The number of carboxylic acid groups (broad SMARTS) is 1. The first-order chi connectivity index (χ1) is 17.3. The molecule has 3 rings (SSSR count). The molecule has 1 aliphatic rings. The minimum Gasteiger partial charge on any atom is -0.475 e. The van der Waals surface area contributed by atoms with Crippen LogP contribution < -0.4 is 20.3 Å². The fraction of sp³-hybridized carbons (Fsp3) is 0.391. The molecule has 14 heteroatoms. The van der Waals surface area contributed by atoms with Crippen molar-refractivity contribution in [2.45, 2.75) is 18.0 Å². The second-order valence-electron chi connectivity index (χ2n) is 7.94. The Morgan fingerprint density at radius 3 is 2.24 bits per heavy atom. The normalized spacial score (nSPS) is 13.8. The van der Waals surface area contributed by atoms with Crippen molar-refractivity contribution < 1.29 is 41.0 Å². The molecule has 0 atom stereocenters. The van der Waals surface area contributed by atoms with Crippen LogP contribution in [0.25, 0.3) is 0 Å². The second kappa shape index (κ2) is 13.3. The highest BCUT2D eigenvalue weighted by molar-refractivity contribution is 7.92. The zero-order valence-corrected chi connectivity index (χ0v) is 21.1. The van der Waals surface area contributed by atoms with Crippen molar-refractivity contribution in [1.29, 1.82) is 0 Å². The molecular weight excluding hydrogens is 517 g/mol. The van der Waals surface area contributed by atoms with Gasteiger partial charge in [0.25, 0.3) is 15.9 Å². The number of piperazine rings is 1. The number of hydrogen-bond acceptors (Lipinski definition) is 7. The lowest BCUT2D eigenvalue weighted by Gasteiger charge is -2.31. The first-order valence-electron chi connectivity index (χ1n) is 11.1. The van der Waals surface area contributed by atoms with Gasteiger partial charge in [0.1, 0.15) is 0 Å². The number of aliphatic carboxylic acids is 1. The van der Waals surface area contributed by atoms with Gasteiger partial charge < -0.3 is 25.4 Å². The molecule has 1 aliphatic heterocycles. The predicted octanol–water partition coefficient (Wildman–Crippen LogP) is 2.21. The number of ether oxygens (including phenoxy) is 1. The number of methoxy groups -OCH3 is 1. The molecule has 0 bridgehead atoms. The molecule has 0 saturated carbocycles. The largest absolute Gasteiger partial charge is 0.490 e. The molecule has 2 aromatic carbocycles. The molecule has 0 unspecified atom stereocenters. The van der Waals surface area contributed by atoms with Crippen molar-refractivity contribution in [2.24, 2.45) is 0 Å². The van der Waals surface area contributed by atoms with Gasteiger partial charge in [-0.3, -0.25) is 9.52 Å². The summed E-state index contributed by atoms with van der Waals surface area (Å²) in [6.07, 6.45) is -5.08. The number of sulfonamides is 1. The van der Waals surface area contributed by atoms with Gasteiger partial charge in [0, 0.05) is 51.2 Å². The van der Waals surface area contributed by atoms with E-state index in [4.69, 9.17) is 14.6 Å².